The SMILES string of the molecule is CCCC(CC)OS(=O)(=O)c1ccc(C)cc1.CNc1ncc(C)c(N)n1. The van der Waals surface area contributed by atoms with Gasteiger partial charge in [0.1, 0.15) is 5.82 Å². The molecule has 0 aliphatic rings. The predicted octanol–water partition coefficient (Wildman–Crippen LogP) is 3.69. The monoisotopic (exact) mass is 394 g/mol. The molecule has 1 aromatic heterocycles. The predicted molar refractivity (Wildman–Crippen MR) is 109 cm³/mol. The van der Waals surface area contributed by atoms with Crippen molar-refractivity contribution >= 4 is 21.9 Å². The number of hydrogen-bond acceptors (Lipinski definition) is 7. The molecule has 2 rings (SSSR count). The minimum absolute atomic E-state index is 0.216. The molecule has 1 atom stereocenters. The van der Waals surface area contributed by atoms with Gasteiger partial charge in [-0.3, -0.25) is 4.18 Å². The lowest BCUT2D eigenvalue weighted by molar-refractivity contribution is 0.193. The van der Waals surface area contributed by atoms with Crippen molar-refractivity contribution in [1.29, 1.82) is 0 Å². The highest BCUT2D eigenvalue weighted by atomic mass is 32.2. The van der Waals surface area contributed by atoms with E-state index >= 15 is 0 Å². The zero-order valence-electron chi connectivity index (χ0n) is 16.7. The minimum Gasteiger partial charge on any atom is -0.383 e. The van der Waals surface area contributed by atoms with E-state index in [-0.39, 0.29) is 11.0 Å². The summed E-state index contributed by atoms with van der Waals surface area (Å²) < 4.78 is 29.2. The van der Waals surface area contributed by atoms with Crippen LogP contribution in [0.5, 0.6) is 0 Å². The normalized spacial score (nSPS) is 12.0. The van der Waals surface area contributed by atoms with Gasteiger partial charge in [-0.15, -0.1) is 0 Å². The van der Waals surface area contributed by atoms with Crippen molar-refractivity contribution in [1.82, 2.24) is 9.97 Å². The lowest BCUT2D eigenvalue weighted by Crippen LogP contribution is -2.17. The van der Waals surface area contributed by atoms with E-state index in [1.54, 1.807) is 37.5 Å². The third kappa shape index (κ3) is 7.52. The first-order valence-electron chi connectivity index (χ1n) is 9.00. The summed E-state index contributed by atoms with van der Waals surface area (Å²) in [6, 6.07) is 6.72. The summed E-state index contributed by atoms with van der Waals surface area (Å²) in [4.78, 5) is 8.14. The Kier molecular flexibility index (Phi) is 9.17. The van der Waals surface area contributed by atoms with E-state index in [2.05, 4.69) is 15.3 Å². The Hall–Kier alpha value is -2.19. The zero-order chi connectivity index (χ0) is 20.4. The zero-order valence-corrected chi connectivity index (χ0v) is 17.5. The van der Waals surface area contributed by atoms with Gasteiger partial charge in [0.2, 0.25) is 5.95 Å². The molecule has 0 amide bonds. The average Bonchev–Trinajstić information content (AvgIpc) is 2.64. The fourth-order valence-electron chi connectivity index (χ4n) is 2.16. The number of anilines is 2. The fourth-order valence-corrected chi connectivity index (χ4v) is 3.33. The summed E-state index contributed by atoms with van der Waals surface area (Å²) in [5, 5.41) is 2.79. The molecule has 1 heterocycles. The van der Waals surface area contributed by atoms with Crippen LogP contribution >= 0.6 is 0 Å². The topological polar surface area (TPSA) is 107 Å². The summed E-state index contributed by atoms with van der Waals surface area (Å²) >= 11 is 0. The number of aryl methyl sites for hydroxylation is 2. The second kappa shape index (κ2) is 10.8. The first kappa shape index (κ1) is 22.9. The number of hydrogen-bond donors (Lipinski definition) is 2. The van der Waals surface area contributed by atoms with Gasteiger partial charge in [-0.1, -0.05) is 38.0 Å². The van der Waals surface area contributed by atoms with Crippen molar-refractivity contribution in [2.45, 2.75) is 58.0 Å². The molecule has 0 radical (unpaired) electrons. The molecule has 1 unspecified atom stereocenters. The van der Waals surface area contributed by atoms with E-state index in [0.29, 0.717) is 18.2 Å². The molecule has 8 heteroatoms. The molecule has 0 aliphatic carbocycles. The van der Waals surface area contributed by atoms with Gasteiger partial charge in [0.15, 0.2) is 0 Å². The number of nitrogens with one attached hydrogen (secondary N) is 1. The van der Waals surface area contributed by atoms with Crippen LogP contribution < -0.4 is 11.1 Å². The van der Waals surface area contributed by atoms with Crippen LogP contribution in [0.15, 0.2) is 35.4 Å². The van der Waals surface area contributed by atoms with Gasteiger partial charge in [0.05, 0.1) is 11.0 Å². The first-order valence-corrected chi connectivity index (χ1v) is 10.4. The van der Waals surface area contributed by atoms with Crippen LogP contribution in [0, 0.1) is 13.8 Å². The standard InChI is InChI=1S/C13H20O3S.C6H10N4/c1-4-6-12(5-2)16-17(14,15)13-9-7-11(3)8-10-13;1-4-3-9-6(8-2)10-5(4)7/h7-10,12H,4-6H2,1-3H3;3H,1-2H3,(H3,7,8,9,10). The molecular formula is C19H30N4O3S. The van der Waals surface area contributed by atoms with E-state index in [1.165, 1.54) is 0 Å². The summed E-state index contributed by atoms with van der Waals surface area (Å²) in [5.41, 5.74) is 7.44. The maximum Gasteiger partial charge on any atom is 0.297 e. The maximum atomic E-state index is 12.0. The number of benzene rings is 1. The summed E-state index contributed by atoms with van der Waals surface area (Å²) in [6.07, 6.45) is 3.86. The highest BCUT2D eigenvalue weighted by Gasteiger charge is 2.19. The van der Waals surface area contributed by atoms with Gasteiger partial charge < -0.3 is 11.1 Å². The van der Waals surface area contributed by atoms with E-state index in [9.17, 15) is 8.42 Å². The number of nitrogen functional groups attached to an aromatic ring is 1. The highest BCUT2D eigenvalue weighted by molar-refractivity contribution is 7.86. The summed E-state index contributed by atoms with van der Waals surface area (Å²) in [6.45, 7) is 7.74. The van der Waals surface area contributed by atoms with Crippen LogP contribution in [0.25, 0.3) is 0 Å². The van der Waals surface area contributed by atoms with Crippen molar-refractivity contribution in [2.75, 3.05) is 18.1 Å². The minimum atomic E-state index is -3.61. The van der Waals surface area contributed by atoms with Gasteiger partial charge in [-0.05, 0) is 38.8 Å². The van der Waals surface area contributed by atoms with Crippen LogP contribution in [-0.2, 0) is 14.3 Å². The average molecular weight is 395 g/mol. The maximum absolute atomic E-state index is 12.0. The van der Waals surface area contributed by atoms with Crippen LogP contribution in [0.4, 0.5) is 11.8 Å². The molecule has 3 N–H and O–H groups in total. The van der Waals surface area contributed by atoms with Crippen molar-refractivity contribution in [2.24, 2.45) is 0 Å². The van der Waals surface area contributed by atoms with Crippen molar-refractivity contribution in [3.8, 4) is 0 Å². The lowest BCUT2D eigenvalue weighted by atomic mass is 10.2. The van der Waals surface area contributed by atoms with Gasteiger partial charge in [-0.2, -0.15) is 13.4 Å². The van der Waals surface area contributed by atoms with Crippen LogP contribution in [0.3, 0.4) is 0 Å². The van der Waals surface area contributed by atoms with Gasteiger partial charge in [0, 0.05) is 18.8 Å². The Bertz CT molecular complexity index is 808. The first-order chi connectivity index (χ1) is 12.7. The van der Waals surface area contributed by atoms with E-state index in [1.807, 2.05) is 27.7 Å². The number of rotatable bonds is 7. The molecule has 0 saturated carbocycles. The lowest BCUT2D eigenvalue weighted by Gasteiger charge is -2.14. The second-order valence-corrected chi connectivity index (χ2v) is 7.77. The van der Waals surface area contributed by atoms with Crippen molar-refractivity contribution in [3.05, 3.63) is 41.6 Å². The molecule has 7 nitrogen and oxygen atoms in total. The van der Waals surface area contributed by atoms with E-state index in [4.69, 9.17) is 9.92 Å². The Morgan fingerprint density at radius 2 is 1.81 bits per heavy atom. The number of nitrogens with two attached hydrogens (primary N) is 1. The van der Waals surface area contributed by atoms with Crippen LogP contribution in [-0.4, -0.2) is 31.5 Å². The molecular weight excluding hydrogens is 364 g/mol. The van der Waals surface area contributed by atoms with Gasteiger partial charge in [-0.25, -0.2) is 4.98 Å². The van der Waals surface area contributed by atoms with Crippen molar-refractivity contribution in [3.63, 3.8) is 0 Å². The largest absolute Gasteiger partial charge is 0.383 e. The molecule has 0 fully saturated rings. The number of nitrogens with zero attached hydrogens (tertiary/aromatic N) is 2. The molecule has 150 valence electrons. The quantitative estimate of drug-likeness (QED) is 0.690. The molecule has 27 heavy (non-hydrogen) atoms. The third-order valence-corrected chi connectivity index (χ3v) is 5.25. The Morgan fingerprint density at radius 3 is 2.30 bits per heavy atom. The molecule has 0 saturated heterocycles. The highest BCUT2D eigenvalue weighted by Crippen LogP contribution is 2.18. The van der Waals surface area contributed by atoms with E-state index in [0.717, 1.165) is 24.0 Å². The number of aromatic nitrogens is 2. The molecule has 0 bridgehead atoms. The smallest absolute Gasteiger partial charge is 0.297 e. The third-order valence-electron chi connectivity index (χ3n) is 3.87. The Morgan fingerprint density at radius 1 is 1.19 bits per heavy atom. The van der Waals surface area contributed by atoms with Gasteiger partial charge in [0.25, 0.3) is 10.1 Å². The Labute approximate surface area is 162 Å². The molecule has 0 aliphatic heterocycles. The second-order valence-electron chi connectivity index (χ2n) is 6.19. The van der Waals surface area contributed by atoms with Crippen LogP contribution in [0.1, 0.15) is 44.2 Å². The fraction of sp³-hybridized carbons (Fsp3) is 0.474. The van der Waals surface area contributed by atoms with Crippen LogP contribution in [0.2, 0.25) is 0 Å². The molecule has 2 aromatic rings. The van der Waals surface area contributed by atoms with Crippen molar-refractivity contribution < 1.29 is 12.6 Å². The van der Waals surface area contributed by atoms with E-state index < -0.39 is 10.1 Å². The molecule has 1 aromatic carbocycles. The van der Waals surface area contributed by atoms with Gasteiger partial charge >= 0.3 is 0 Å². The molecule has 0 spiro atoms. The summed E-state index contributed by atoms with van der Waals surface area (Å²) in [7, 11) is -1.86. The Balaban J connectivity index is 0.000000309. The summed E-state index contributed by atoms with van der Waals surface area (Å²) in [5.74, 6) is 1.09.